The number of nitrogens with one attached hydrogen (secondary N) is 1. The number of piperidine rings is 1. The van der Waals surface area contributed by atoms with Crippen molar-refractivity contribution in [2.45, 2.75) is 25.8 Å². The minimum absolute atomic E-state index is 0.0364. The highest BCUT2D eigenvalue weighted by atomic mass is 16.5. The number of aromatic nitrogens is 4. The summed E-state index contributed by atoms with van der Waals surface area (Å²) in [5, 5.41) is 17.0. The second kappa shape index (κ2) is 8.04. The molecular formula is C20H24N6O3. The zero-order valence-electron chi connectivity index (χ0n) is 16.5. The van der Waals surface area contributed by atoms with Gasteiger partial charge >= 0.3 is 0 Å². The Bertz CT molecular complexity index is 1030. The molecule has 1 fully saturated rings. The van der Waals surface area contributed by atoms with Crippen LogP contribution in [-0.4, -0.2) is 68.3 Å². The standard InChI is InChI=1S/C20H24N6O3/c1-13-18(22-14-6-5-8-25(11-14)17(28)12-27)23-19(24-20(13)29-2)15-10-21-26-9-4-3-7-16(15)26/h3-4,7,9-10,14,27H,5-6,8,11-12H2,1-2H3,(H,22,23,24)/t14-/m1/s1. The molecule has 2 N–H and O–H groups in total. The first-order valence-electron chi connectivity index (χ1n) is 9.61. The molecule has 9 nitrogen and oxygen atoms in total. The van der Waals surface area contributed by atoms with Crippen molar-refractivity contribution in [3.8, 4) is 17.3 Å². The number of ether oxygens (including phenoxy) is 1. The van der Waals surface area contributed by atoms with Crippen LogP contribution < -0.4 is 10.1 Å². The molecule has 152 valence electrons. The molecule has 4 rings (SSSR count). The summed E-state index contributed by atoms with van der Waals surface area (Å²) in [5.74, 6) is 1.44. The van der Waals surface area contributed by atoms with Crippen molar-refractivity contribution in [2.24, 2.45) is 0 Å². The molecule has 0 aromatic carbocycles. The van der Waals surface area contributed by atoms with Crippen LogP contribution in [0.2, 0.25) is 0 Å². The quantitative estimate of drug-likeness (QED) is 0.673. The van der Waals surface area contributed by atoms with E-state index in [9.17, 15) is 4.79 Å². The van der Waals surface area contributed by atoms with Crippen LogP contribution in [0, 0.1) is 6.92 Å². The van der Waals surface area contributed by atoms with Crippen LogP contribution in [0.3, 0.4) is 0 Å². The van der Waals surface area contributed by atoms with E-state index in [-0.39, 0.29) is 11.9 Å². The molecule has 0 radical (unpaired) electrons. The zero-order valence-corrected chi connectivity index (χ0v) is 16.5. The fourth-order valence-corrected chi connectivity index (χ4v) is 3.68. The number of nitrogens with zero attached hydrogens (tertiary/aromatic N) is 5. The number of aliphatic hydroxyl groups excluding tert-OH is 1. The molecule has 3 aromatic rings. The normalized spacial score (nSPS) is 16.8. The number of methoxy groups -OCH3 is 1. The van der Waals surface area contributed by atoms with E-state index in [1.807, 2.05) is 31.3 Å². The number of fused-ring (bicyclic) bond motifs is 1. The smallest absolute Gasteiger partial charge is 0.248 e. The van der Waals surface area contributed by atoms with E-state index in [2.05, 4.69) is 15.4 Å². The molecular weight excluding hydrogens is 372 g/mol. The molecule has 1 amide bonds. The van der Waals surface area contributed by atoms with Gasteiger partial charge in [0.2, 0.25) is 11.8 Å². The predicted octanol–water partition coefficient (Wildman–Crippen LogP) is 1.50. The Morgan fingerprint density at radius 2 is 2.24 bits per heavy atom. The summed E-state index contributed by atoms with van der Waals surface area (Å²) in [6.45, 7) is 2.63. The van der Waals surface area contributed by atoms with Crippen molar-refractivity contribution in [1.82, 2.24) is 24.5 Å². The third kappa shape index (κ3) is 3.73. The maximum Gasteiger partial charge on any atom is 0.248 e. The Morgan fingerprint density at radius 3 is 3.03 bits per heavy atom. The fraction of sp³-hybridized carbons (Fsp3) is 0.400. The third-order valence-electron chi connectivity index (χ3n) is 5.21. The molecule has 0 saturated carbocycles. The lowest BCUT2D eigenvalue weighted by Gasteiger charge is -2.33. The number of likely N-dealkylation sites (tertiary alicyclic amines) is 1. The summed E-state index contributed by atoms with van der Waals surface area (Å²) in [6.07, 6.45) is 5.39. The lowest BCUT2D eigenvalue weighted by molar-refractivity contribution is -0.135. The second-order valence-corrected chi connectivity index (χ2v) is 7.10. The summed E-state index contributed by atoms with van der Waals surface area (Å²) >= 11 is 0. The first-order chi connectivity index (χ1) is 14.1. The molecule has 29 heavy (non-hydrogen) atoms. The van der Waals surface area contributed by atoms with Crippen LogP contribution in [0.15, 0.2) is 30.6 Å². The van der Waals surface area contributed by atoms with E-state index in [0.717, 1.165) is 29.5 Å². The topological polar surface area (TPSA) is 105 Å². The van der Waals surface area contributed by atoms with Gasteiger partial charge < -0.3 is 20.1 Å². The van der Waals surface area contributed by atoms with E-state index in [1.165, 1.54) is 0 Å². The van der Waals surface area contributed by atoms with Crippen molar-refractivity contribution >= 4 is 17.2 Å². The highest BCUT2D eigenvalue weighted by molar-refractivity contribution is 5.78. The summed E-state index contributed by atoms with van der Waals surface area (Å²) in [5.41, 5.74) is 2.52. The average Bonchev–Trinajstić information content (AvgIpc) is 3.19. The monoisotopic (exact) mass is 396 g/mol. The van der Waals surface area contributed by atoms with Gasteiger partial charge in [0.25, 0.3) is 0 Å². The number of anilines is 1. The highest BCUT2D eigenvalue weighted by Crippen LogP contribution is 2.29. The van der Waals surface area contributed by atoms with Gasteiger partial charge in [0.1, 0.15) is 12.4 Å². The molecule has 3 aromatic heterocycles. The van der Waals surface area contributed by atoms with Gasteiger partial charge in [0, 0.05) is 25.3 Å². The molecule has 1 atom stereocenters. The zero-order chi connectivity index (χ0) is 20.4. The predicted molar refractivity (Wildman–Crippen MR) is 108 cm³/mol. The van der Waals surface area contributed by atoms with E-state index in [0.29, 0.717) is 30.6 Å². The first kappa shape index (κ1) is 19.1. The third-order valence-corrected chi connectivity index (χ3v) is 5.21. The number of amides is 1. The first-order valence-corrected chi connectivity index (χ1v) is 9.61. The fourth-order valence-electron chi connectivity index (χ4n) is 3.68. The average molecular weight is 396 g/mol. The molecule has 0 bridgehead atoms. The van der Waals surface area contributed by atoms with E-state index in [1.54, 1.807) is 22.7 Å². The van der Waals surface area contributed by atoms with E-state index in [4.69, 9.17) is 14.8 Å². The molecule has 0 spiro atoms. The van der Waals surface area contributed by atoms with Crippen LogP contribution in [0.4, 0.5) is 5.82 Å². The van der Waals surface area contributed by atoms with Gasteiger partial charge in [-0.15, -0.1) is 0 Å². The van der Waals surface area contributed by atoms with Gasteiger partial charge in [-0.05, 0) is 31.9 Å². The molecule has 9 heteroatoms. The van der Waals surface area contributed by atoms with Gasteiger partial charge in [-0.25, -0.2) is 9.50 Å². The Morgan fingerprint density at radius 1 is 1.38 bits per heavy atom. The Kier molecular flexibility index (Phi) is 5.30. The number of rotatable bonds is 5. The molecule has 1 saturated heterocycles. The minimum Gasteiger partial charge on any atom is -0.481 e. The number of pyridine rings is 1. The minimum atomic E-state index is -0.466. The van der Waals surface area contributed by atoms with Crippen molar-refractivity contribution in [2.75, 3.05) is 32.1 Å². The van der Waals surface area contributed by atoms with Crippen LogP contribution in [0.25, 0.3) is 16.9 Å². The Labute approximate surface area is 168 Å². The molecule has 4 heterocycles. The Balaban J connectivity index is 1.67. The summed E-state index contributed by atoms with van der Waals surface area (Å²) in [6, 6.07) is 5.86. The lowest BCUT2D eigenvalue weighted by Crippen LogP contribution is -2.46. The van der Waals surface area contributed by atoms with Crippen molar-refractivity contribution in [1.29, 1.82) is 0 Å². The maximum atomic E-state index is 11.9. The van der Waals surface area contributed by atoms with Gasteiger partial charge in [0.15, 0.2) is 5.82 Å². The largest absolute Gasteiger partial charge is 0.481 e. The second-order valence-electron chi connectivity index (χ2n) is 7.10. The van der Waals surface area contributed by atoms with Crippen LogP contribution in [-0.2, 0) is 4.79 Å². The van der Waals surface area contributed by atoms with Gasteiger partial charge in [-0.3, -0.25) is 4.79 Å². The lowest BCUT2D eigenvalue weighted by atomic mass is 10.1. The SMILES string of the molecule is COc1nc(-c2cnn3ccccc23)nc(N[C@@H]2CCCN(C(=O)CO)C2)c1C. The molecule has 0 unspecified atom stereocenters. The van der Waals surface area contributed by atoms with Gasteiger partial charge in [-0.2, -0.15) is 10.1 Å². The van der Waals surface area contributed by atoms with Crippen molar-refractivity contribution < 1.29 is 14.6 Å². The van der Waals surface area contributed by atoms with Crippen LogP contribution in [0.5, 0.6) is 5.88 Å². The molecule has 1 aliphatic rings. The van der Waals surface area contributed by atoms with Gasteiger partial charge in [-0.1, -0.05) is 6.07 Å². The number of carbonyl (C=O) groups excluding carboxylic acids is 1. The van der Waals surface area contributed by atoms with Crippen molar-refractivity contribution in [3.05, 3.63) is 36.2 Å². The molecule has 0 aliphatic carbocycles. The van der Waals surface area contributed by atoms with Crippen LogP contribution >= 0.6 is 0 Å². The number of hydrogen-bond donors (Lipinski definition) is 2. The Hall–Kier alpha value is -3.20. The number of aliphatic hydroxyl groups is 1. The van der Waals surface area contributed by atoms with E-state index >= 15 is 0 Å². The number of carbonyl (C=O) groups is 1. The summed E-state index contributed by atoms with van der Waals surface area (Å²) < 4.78 is 7.26. The van der Waals surface area contributed by atoms with E-state index < -0.39 is 6.61 Å². The number of hydrogen-bond acceptors (Lipinski definition) is 7. The van der Waals surface area contributed by atoms with Crippen molar-refractivity contribution in [3.63, 3.8) is 0 Å². The van der Waals surface area contributed by atoms with Gasteiger partial charge in [0.05, 0.1) is 30.0 Å². The maximum absolute atomic E-state index is 11.9. The summed E-state index contributed by atoms with van der Waals surface area (Å²) in [4.78, 5) is 22.9. The summed E-state index contributed by atoms with van der Waals surface area (Å²) in [7, 11) is 1.58. The highest BCUT2D eigenvalue weighted by Gasteiger charge is 2.25. The molecule has 1 aliphatic heterocycles. The van der Waals surface area contributed by atoms with Crippen LogP contribution in [0.1, 0.15) is 18.4 Å².